The standard InChI is InChI=1S/C16H14BrN3OS/c1-11(15(21)19-13-7-5-12(17)6-8-13)22-16-18-10-14-4-2-3-9-20(14)16/h2-11H,1H3,(H,19,21). The van der Waals surface area contributed by atoms with Gasteiger partial charge in [0.25, 0.3) is 0 Å². The van der Waals surface area contributed by atoms with Gasteiger partial charge in [-0.05, 0) is 43.3 Å². The summed E-state index contributed by atoms with van der Waals surface area (Å²) in [5.74, 6) is -0.0417. The minimum absolute atomic E-state index is 0.0417. The van der Waals surface area contributed by atoms with E-state index < -0.39 is 0 Å². The molecule has 0 aliphatic heterocycles. The van der Waals surface area contributed by atoms with Crippen LogP contribution in [-0.2, 0) is 4.79 Å². The molecule has 1 aromatic carbocycles. The second-order valence-corrected chi connectivity index (χ2v) is 7.02. The second-order valence-electron chi connectivity index (χ2n) is 4.79. The summed E-state index contributed by atoms with van der Waals surface area (Å²) in [6, 6.07) is 13.4. The molecule has 2 aromatic heterocycles. The van der Waals surface area contributed by atoms with Crippen LogP contribution in [0.5, 0.6) is 0 Å². The molecule has 0 aliphatic carbocycles. The van der Waals surface area contributed by atoms with Crippen LogP contribution >= 0.6 is 27.7 Å². The van der Waals surface area contributed by atoms with Gasteiger partial charge in [0, 0.05) is 16.4 Å². The third-order valence-corrected chi connectivity index (χ3v) is 4.78. The molecule has 0 bridgehead atoms. The number of imidazole rings is 1. The number of aromatic nitrogens is 2. The summed E-state index contributed by atoms with van der Waals surface area (Å²) in [6.07, 6.45) is 3.76. The zero-order valence-electron chi connectivity index (χ0n) is 11.9. The van der Waals surface area contributed by atoms with E-state index in [4.69, 9.17) is 0 Å². The van der Waals surface area contributed by atoms with Crippen molar-refractivity contribution < 1.29 is 4.79 Å². The quantitative estimate of drug-likeness (QED) is 0.694. The van der Waals surface area contributed by atoms with Crippen LogP contribution in [0, 0.1) is 0 Å². The Morgan fingerprint density at radius 1 is 1.27 bits per heavy atom. The van der Waals surface area contributed by atoms with Crippen molar-refractivity contribution in [1.29, 1.82) is 0 Å². The number of amides is 1. The van der Waals surface area contributed by atoms with Crippen LogP contribution in [0.25, 0.3) is 5.52 Å². The lowest BCUT2D eigenvalue weighted by molar-refractivity contribution is -0.115. The van der Waals surface area contributed by atoms with E-state index in [0.29, 0.717) is 0 Å². The molecule has 22 heavy (non-hydrogen) atoms. The van der Waals surface area contributed by atoms with Gasteiger partial charge < -0.3 is 5.32 Å². The minimum Gasteiger partial charge on any atom is -0.325 e. The zero-order valence-corrected chi connectivity index (χ0v) is 14.3. The maximum absolute atomic E-state index is 12.3. The molecule has 1 unspecified atom stereocenters. The number of carbonyl (C=O) groups excluding carboxylic acids is 1. The first-order valence-corrected chi connectivity index (χ1v) is 8.46. The van der Waals surface area contributed by atoms with E-state index in [2.05, 4.69) is 26.2 Å². The number of benzene rings is 1. The summed E-state index contributed by atoms with van der Waals surface area (Å²) < 4.78 is 2.96. The summed E-state index contributed by atoms with van der Waals surface area (Å²) >= 11 is 4.82. The molecular formula is C16H14BrN3OS. The monoisotopic (exact) mass is 375 g/mol. The molecule has 1 N–H and O–H groups in total. The molecule has 0 saturated heterocycles. The number of thioether (sulfide) groups is 1. The first-order chi connectivity index (χ1) is 10.6. The number of rotatable bonds is 4. The van der Waals surface area contributed by atoms with Gasteiger partial charge in [-0.3, -0.25) is 9.20 Å². The lowest BCUT2D eigenvalue weighted by Crippen LogP contribution is -2.22. The number of carbonyl (C=O) groups is 1. The second kappa shape index (κ2) is 6.54. The molecule has 112 valence electrons. The Bertz CT molecular complexity index is 801. The van der Waals surface area contributed by atoms with Crippen molar-refractivity contribution in [3.63, 3.8) is 0 Å². The topological polar surface area (TPSA) is 46.4 Å². The maximum Gasteiger partial charge on any atom is 0.237 e. The molecule has 3 rings (SSSR count). The largest absolute Gasteiger partial charge is 0.325 e. The van der Waals surface area contributed by atoms with Crippen LogP contribution in [-0.4, -0.2) is 20.5 Å². The normalized spacial score (nSPS) is 12.3. The number of hydrogen-bond acceptors (Lipinski definition) is 3. The predicted octanol–water partition coefficient (Wildman–Crippen LogP) is 4.22. The van der Waals surface area contributed by atoms with Crippen molar-refractivity contribution in [1.82, 2.24) is 9.38 Å². The number of pyridine rings is 1. The minimum atomic E-state index is -0.241. The Labute approximate surface area is 141 Å². The number of fused-ring (bicyclic) bond motifs is 1. The summed E-state index contributed by atoms with van der Waals surface area (Å²) in [7, 11) is 0. The van der Waals surface area contributed by atoms with Gasteiger partial charge in [0.2, 0.25) is 5.91 Å². The number of nitrogens with zero attached hydrogens (tertiary/aromatic N) is 2. The average Bonchev–Trinajstić information content (AvgIpc) is 2.93. The highest BCUT2D eigenvalue weighted by Crippen LogP contribution is 2.24. The molecule has 2 heterocycles. The van der Waals surface area contributed by atoms with Crippen LogP contribution in [0.4, 0.5) is 5.69 Å². The number of nitrogens with one attached hydrogen (secondary N) is 1. The Hall–Kier alpha value is -1.79. The SMILES string of the molecule is CC(Sc1ncc2ccccn12)C(=O)Nc1ccc(Br)cc1. The first kappa shape index (κ1) is 15.1. The van der Waals surface area contributed by atoms with Crippen LogP contribution in [0.15, 0.2) is 64.5 Å². The van der Waals surface area contributed by atoms with Crippen molar-refractivity contribution in [2.75, 3.05) is 5.32 Å². The molecule has 1 amide bonds. The smallest absolute Gasteiger partial charge is 0.237 e. The first-order valence-electron chi connectivity index (χ1n) is 6.78. The van der Waals surface area contributed by atoms with Crippen LogP contribution in [0.2, 0.25) is 0 Å². The molecule has 4 nitrogen and oxygen atoms in total. The maximum atomic E-state index is 12.3. The number of hydrogen-bond donors (Lipinski definition) is 1. The highest BCUT2D eigenvalue weighted by Gasteiger charge is 2.17. The summed E-state index contributed by atoms with van der Waals surface area (Å²) in [5.41, 5.74) is 1.80. The third kappa shape index (κ3) is 3.34. The summed E-state index contributed by atoms with van der Waals surface area (Å²) in [5, 5.41) is 3.48. The van der Waals surface area contributed by atoms with Gasteiger partial charge in [0.1, 0.15) is 0 Å². The van der Waals surface area contributed by atoms with Crippen molar-refractivity contribution >= 4 is 44.8 Å². The van der Waals surface area contributed by atoms with Gasteiger partial charge in [-0.1, -0.05) is 33.8 Å². The average molecular weight is 376 g/mol. The highest BCUT2D eigenvalue weighted by molar-refractivity contribution is 9.10. The van der Waals surface area contributed by atoms with E-state index >= 15 is 0 Å². The van der Waals surface area contributed by atoms with Crippen molar-refractivity contribution in [2.45, 2.75) is 17.3 Å². The van der Waals surface area contributed by atoms with Crippen molar-refractivity contribution in [3.8, 4) is 0 Å². The molecule has 0 aliphatic rings. The fourth-order valence-electron chi connectivity index (χ4n) is 2.00. The van der Waals surface area contributed by atoms with Crippen LogP contribution in [0.3, 0.4) is 0 Å². The Kier molecular flexibility index (Phi) is 4.49. The summed E-state index contributed by atoms with van der Waals surface area (Å²) in [4.78, 5) is 16.7. The Balaban J connectivity index is 1.69. The molecule has 6 heteroatoms. The van der Waals surface area contributed by atoms with Gasteiger partial charge in [-0.15, -0.1) is 0 Å². The molecule has 0 spiro atoms. The van der Waals surface area contributed by atoms with E-state index in [9.17, 15) is 4.79 Å². The van der Waals surface area contributed by atoms with Gasteiger partial charge in [0.05, 0.1) is 17.0 Å². The predicted molar refractivity (Wildman–Crippen MR) is 93.3 cm³/mol. The van der Waals surface area contributed by atoms with Crippen LogP contribution in [0.1, 0.15) is 6.92 Å². The van der Waals surface area contributed by atoms with Gasteiger partial charge in [-0.2, -0.15) is 0 Å². The Morgan fingerprint density at radius 2 is 2.05 bits per heavy atom. The van der Waals surface area contributed by atoms with Crippen LogP contribution < -0.4 is 5.32 Å². The molecular weight excluding hydrogens is 362 g/mol. The van der Waals surface area contributed by atoms with E-state index in [1.165, 1.54) is 11.8 Å². The van der Waals surface area contributed by atoms with Gasteiger partial charge in [0.15, 0.2) is 5.16 Å². The molecule has 3 aromatic rings. The van der Waals surface area contributed by atoms with Gasteiger partial charge in [-0.25, -0.2) is 4.98 Å². The van der Waals surface area contributed by atoms with E-state index in [-0.39, 0.29) is 11.2 Å². The lowest BCUT2D eigenvalue weighted by atomic mass is 10.3. The van der Waals surface area contributed by atoms with E-state index in [1.807, 2.05) is 66.2 Å². The number of halogens is 1. The lowest BCUT2D eigenvalue weighted by Gasteiger charge is -2.11. The highest BCUT2D eigenvalue weighted by atomic mass is 79.9. The molecule has 0 fully saturated rings. The number of anilines is 1. The molecule has 1 atom stereocenters. The zero-order chi connectivity index (χ0) is 15.5. The van der Waals surface area contributed by atoms with Gasteiger partial charge >= 0.3 is 0 Å². The van der Waals surface area contributed by atoms with E-state index in [0.717, 1.165) is 20.8 Å². The molecule has 0 radical (unpaired) electrons. The summed E-state index contributed by atoms with van der Waals surface area (Å²) in [6.45, 7) is 1.88. The van der Waals surface area contributed by atoms with E-state index in [1.54, 1.807) is 0 Å². The van der Waals surface area contributed by atoms with Crippen molar-refractivity contribution in [3.05, 3.63) is 59.3 Å². The Morgan fingerprint density at radius 3 is 2.82 bits per heavy atom. The third-order valence-electron chi connectivity index (χ3n) is 3.17. The van der Waals surface area contributed by atoms with Crippen molar-refractivity contribution in [2.24, 2.45) is 0 Å². The molecule has 0 saturated carbocycles. The fraction of sp³-hybridized carbons (Fsp3) is 0.125. The fourth-order valence-corrected chi connectivity index (χ4v) is 3.14.